The molecule has 0 aliphatic carbocycles. The fourth-order valence-corrected chi connectivity index (χ4v) is 3.75. The first-order chi connectivity index (χ1) is 13.6. The van der Waals surface area contributed by atoms with Gasteiger partial charge in [0, 0.05) is 22.4 Å². The van der Waals surface area contributed by atoms with Crippen molar-refractivity contribution in [3.05, 3.63) is 63.8 Å². The van der Waals surface area contributed by atoms with Gasteiger partial charge >= 0.3 is 12.0 Å². The topological polar surface area (TPSA) is 97.4 Å². The number of esters is 1. The highest BCUT2D eigenvalue weighted by atomic mass is 32.1. The molecule has 2 aromatic heterocycles. The lowest BCUT2D eigenvalue weighted by Gasteiger charge is -2.06. The Morgan fingerprint density at radius 2 is 1.86 bits per heavy atom. The summed E-state index contributed by atoms with van der Waals surface area (Å²) in [4.78, 5) is 40.8. The van der Waals surface area contributed by atoms with Crippen LogP contribution in [0.5, 0.6) is 0 Å². The number of carbonyl (C=O) groups excluding carboxylic acids is 3. The molecular weight excluding hydrogens is 398 g/mol. The minimum absolute atomic E-state index is 0.122. The Kier molecular flexibility index (Phi) is 6.88. The zero-order chi connectivity index (χ0) is 19.8. The van der Waals surface area contributed by atoms with Crippen molar-refractivity contribution in [1.29, 1.82) is 0 Å². The first-order valence-electron chi connectivity index (χ1n) is 8.40. The van der Waals surface area contributed by atoms with Gasteiger partial charge in [-0.15, -0.1) is 22.7 Å². The SMILES string of the molecule is O=C(COC(=O)c1csc(-c2ccccc2)n1)NC(=O)NCCc1cccs1. The van der Waals surface area contributed by atoms with Crippen LogP contribution < -0.4 is 10.6 Å². The van der Waals surface area contributed by atoms with E-state index in [2.05, 4.69) is 15.6 Å². The summed E-state index contributed by atoms with van der Waals surface area (Å²) >= 11 is 2.90. The Hall–Kier alpha value is -3.04. The molecule has 9 heteroatoms. The van der Waals surface area contributed by atoms with E-state index < -0.39 is 24.5 Å². The maximum Gasteiger partial charge on any atom is 0.358 e. The largest absolute Gasteiger partial charge is 0.451 e. The molecule has 2 heterocycles. The number of aromatic nitrogens is 1. The molecule has 0 bridgehead atoms. The van der Waals surface area contributed by atoms with Crippen LogP contribution in [0.25, 0.3) is 10.6 Å². The summed E-state index contributed by atoms with van der Waals surface area (Å²) in [6.07, 6.45) is 0.682. The molecule has 2 N–H and O–H groups in total. The van der Waals surface area contributed by atoms with Crippen LogP contribution in [0.15, 0.2) is 53.2 Å². The highest BCUT2D eigenvalue weighted by Gasteiger charge is 2.16. The zero-order valence-electron chi connectivity index (χ0n) is 14.7. The number of imide groups is 1. The van der Waals surface area contributed by atoms with E-state index in [0.29, 0.717) is 18.0 Å². The van der Waals surface area contributed by atoms with Crippen LogP contribution in [-0.4, -0.2) is 36.0 Å². The third-order valence-electron chi connectivity index (χ3n) is 3.56. The van der Waals surface area contributed by atoms with Crippen LogP contribution in [0.3, 0.4) is 0 Å². The van der Waals surface area contributed by atoms with E-state index in [9.17, 15) is 14.4 Å². The van der Waals surface area contributed by atoms with Gasteiger partial charge < -0.3 is 10.1 Å². The van der Waals surface area contributed by atoms with Gasteiger partial charge in [0.05, 0.1) is 0 Å². The fourth-order valence-electron chi connectivity index (χ4n) is 2.25. The Morgan fingerprint density at radius 3 is 2.61 bits per heavy atom. The van der Waals surface area contributed by atoms with Gasteiger partial charge in [0.15, 0.2) is 12.3 Å². The molecule has 0 fully saturated rings. The van der Waals surface area contributed by atoms with E-state index in [1.54, 1.807) is 16.7 Å². The van der Waals surface area contributed by atoms with Crippen molar-refractivity contribution in [2.75, 3.05) is 13.2 Å². The quantitative estimate of drug-likeness (QED) is 0.578. The summed E-state index contributed by atoms with van der Waals surface area (Å²) in [7, 11) is 0. The molecule has 7 nitrogen and oxygen atoms in total. The van der Waals surface area contributed by atoms with Crippen molar-refractivity contribution in [2.24, 2.45) is 0 Å². The molecule has 0 spiro atoms. The molecule has 3 amide bonds. The normalized spacial score (nSPS) is 10.3. The number of nitrogens with one attached hydrogen (secondary N) is 2. The number of carbonyl (C=O) groups is 3. The smallest absolute Gasteiger partial charge is 0.358 e. The van der Waals surface area contributed by atoms with Gasteiger partial charge in [0.25, 0.3) is 5.91 Å². The number of hydrogen-bond acceptors (Lipinski definition) is 7. The second kappa shape index (κ2) is 9.77. The zero-order valence-corrected chi connectivity index (χ0v) is 16.3. The molecule has 3 aromatic rings. The van der Waals surface area contributed by atoms with Crippen molar-refractivity contribution in [1.82, 2.24) is 15.6 Å². The third kappa shape index (κ3) is 5.73. The summed E-state index contributed by atoms with van der Waals surface area (Å²) in [5, 5.41) is 8.90. The predicted molar refractivity (Wildman–Crippen MR) is 107 cm³/mol. The van der Waals surface area contributed by atoms with Crippen molar-refractivity contribution in [3.63, 3.8) is 0 Å². The van der Waals surface area contributed by atoms with E-state index in [1.165, 1.54) is 11.3 Å². The molecule has 0 saturated heterocycles. The highest BCUT2D eigenvalue weighted by molar-refractivity contribution is 7.13. The van der Waals surface area contributed by atoms with Crippen molar-refractivity contribution < 1.29 is 19.1 Å². The molecule has 0 atom stereocenters. The monoisotopic (exact) mass is 415 g/mol. The number of amides is 3. The second-order valence-electron chi connectivity index (χ2n) is 5.61. The van der Waals surface area contributed by atoms with Crippen LogP contribution in [-0.2, 0) is 16.0 Å². The van der Waals surface area contributed by atoms with Crippen LogP contribution in [0.2, 0.25) is 0 Å². The van der Waals surface area contributed by atoms with Crippen LogP contribution in [0.1, 0.15) is 15.4 Å². The molecule has 144 valence electrons. The summed E-state index contributed by atoms with van der Waals surface area (Å²) in [6.45, 7) is -0.157. The lowest BCUT2D eigenvalue weighted by atomic mass is 10.2. The molecule has 0 saturated carbocycles. The van der Waals surface area contributed by atoms with E-state index in [0.717, 1.165) is 10.4 Å². The van der Waals surface area contributed by atoms with Gasteiger partial charge in [-0.3, -0.25) is 10.1 Å². The van der Waals surface area contributed by atoms with E-state index in [4.69, 9.17) is 4.74 Å². The molecule has 0 unspecified atom stereocenters. The predicted octanol–water partition coefficient (Wildman–Crippen LogP) is 3.10. The Bertz CT molecular complexity index is 939. The summed E-state index contributed by atoms with van der Waals surface area (Å²) in [5.74, 6) is -1.42. The summed E-state index contributed by atoms with van der Waals surface area (Å²) in [6, 6.07) is 12.7. The van der Waals surface area contributed by atoms with E-state index in [-0.39, 0.29) is 5.69 Å². The number of nitrogens with zero attached hydrogens (tertiary/aromatic N) is 1. The lowest BCUT2D eigenvalue weighted by Crippen LogP contribution is -2.42. The van der Waals surface area contributed by atoms with Gasteiger partial charge in [-0.2, -0.15) is 0 Å². The molecule has 0 aliphatic rings. The number of hydrogen-bond donors (Lipinski definition) is 2. The van der Waals surface area contributed by atoms with Gasteiger partial charge in [-0.05, 0) is 17.9 Å². The minimum Gasteiger partial charge on any atom is -0.451 e. The first kappa shape index (κ1) is 19.7. The highest BCUT2D eigenvalue weighted by Crippen LogP contribution is 2.23. The average Bonchev–Trinajstić information content (AvgIpc) is 3.39. The van der Waals surface area contributed by atoms with Gasteiger partial charge in [0.2, 0.25) is 0 Å². The molecule has 3 rings (SSSR count). The second-order valence-corrected chi connectivity index (χ2v) is 7.50. The molecule has 1 aromatic carbocycles. The number of rotatable bonds is 7. The van der Waals surface area contributed by atoms with E-state index >= 15 is 0 Å². The maximum atomic E-state index is 12.0. The van der Waals surface area contributed by atoms with E-state index in [1.807, 2.05) is 47.8 Å². The Labute approximate surface area is 169 Å². The number of urea groups is 1. The minimum atomic E-state index is -0.716. The van der Waals surface area contributed by atoms with Crippen LogP contribution in [0, 0.1) is 0 Å². The van der Waals surface area contributed by atoms with Crippen molar-refractivity contribution in [3.8, 4) is 10.6 Å². The van der Waals surface area contributed by atoms with Gasteiger partial charge in [0.1, 0.15) is 5.01 Å². The number of benzene rings is 1. The fraction of sp³-hybridized carbons (Fsp3) is 0.158. The summed E-state index contributed by atoms with van der Waals surface area (Å²) in [5.41, 5.74) is 1.01. The van der Waals surface area contributed by atoms with Crippen molar-refractivity contribution >= 4 is 40.6 Å². The lowest BCUT2D eigenvalue weighted by molar-refractivity contribution is -0.123. The Balaban J connectivity index is 1.39. The number of ether oxygens (including phenoxy) is 1. The molecule has 0 aliphatic heterocycles. The van der Waals surface area contributed by atoms with Crippen LogP contribution in [0.4, 0.5) is 4.79 Å². The standard InChI is InChI=1S/C19H17N3O4S2/c23-16(22-19(25)20-9-8-14-7-4-10-27-14)11-26-18(24)15-12-28-17(21-15)13-5-2-1-3-6-13/h1-7,10,12H,8-9,11H2,(H2,20,22,23,25). The number of thiophene rings is 1. The molecule has 28 heavy (non-hydrogen) atoms. The third-order valence-corrected chi connectivity index (χ3v) is 5.39. The summed E-state index contributed by atoms with van der Waals surface area (Å²) < 4.78 is 4.92. The van der Waals surface area contributed by atoms with Gasteiger partial charge in [-0.25, -0.2) is 14.6 Å². The number of thiazole rings is 1. The maximum absolute atomic E-state index is 12.0. The van der Waals surface area contributed by atoms with Gasteiger partial charge in [-0.1, -0.05) is 36.4 Å². The Morgan fingerprint density at radius 1 is 1.04 bits per heavy atom. The molecular formula is C19H17N3O4S2. The molecule has 0 radical (unpaired) electrons. The first-order valence-corrected chi connectivity index (χ1v) is 10.2. The van der Waals surface area contributed by atoms with Crippen molar-refractivity contribution in [2.45, 2.75) is 6.42 Å². The average molecular weight is 415 g/mol. The van der Waals surface area contributed by atoms with Crippen LogP contribution >= 0.6 is 22.7 Å².